The van der Waals surface area contributed by atoms with E-state index in [2.05, 4.69) is 38.1 Å². The van der Waals surface area contributed by atoms with Crippen LogP contribution in [0.2, 0.25) is 0 Å². The number of benzene rings is 1. The van der Waals surface area contributed by atoms with Crippen LogP contribution in [0.5, 0.6) is 0 Å². The molecule has 0 bridgehead atoms. The van der Waals surface area contributed by atoms with E-state index < -0.39 is 0 Å². The van der Waals surface area contributed by atoms with Crippen LogP contribution in [0.25, 0.3) is 0 Å². The van der Waals surface area contributed by atoms with E-state index in [0.717, 1.165) is 12.7 Å². The van der Waals surface area contributed by atoms with Crippen molar-refractivity contribution in [3.8, 4) is 0 Å². The summed E-state index contributed by atoms with van der Waals surface area (Å²) in [5.41, 5.74) is 2.59. The van der Waals surface area contributed by atoms with Crippen LogP contribution in [0.4, 0.5) is 0 Å². The summed E-state index contributed by atoms with van der Waals surface area (Å²) in [6.07, 6.45) is 3.63. The average molecular weight is 176 g/mol. The van der Waals surface area contributed by atoms with Crippen molar-refractivity contribution in [2.45, 2.75) is 26.2 Å². The summed E-state index contributed by atoms with van der Waals surface area (Å²) in [5, 5.41) is 8.49. The molecule has 0 aliphatic rings. The third-order valence-electron chi connectivity index (χ3n) is 2.11. The molecule has 0 heterocycles. The van der Waals surface area contributed by atoms with Crippen molar-refractivity contribution in [3.05, 3.63) is 47.7 Å². The highest BCUT2D eigenvalue weighted by Crippen LogP contribution is 2.14. The van der Waals surface area contributed by atoms with Gasteiger partial charge in [0, 0.05) is 0 Å². The monoisotopic (exact) mass is 176 g/mol. The van der Waals surface area contributed by atoms with Gasteiger partial charge in [0.2, 0.25) is 0 Å². The summed E-state index contributed by atoms with van der Waals surface area (Å²) < 4.78 is 0. The summed E-state index contributed by atoms with van der Waals surface area (Å²) >= 11 is 0. The van der Waals surface area contributed by atoms with Crippen LogP contribution in [0, 0.1) is 0 Å². The van der Waals surface area contributed by atoms with Crippen LogP contribution < -0.4 is 0 Å². The van der Waals surface area contributed by atoms with Crippen molar-refractivity contribution < 1.29 is 5.11 Å². The SMILES string of the molecule is CC(C)c1ccc(C/C=C/O)cc1. The Balaban J connectivity index is 2.69. The normalized spacial score (nSPS) is 11.3. The molecule has 0 saturated carbocycles. The minimum absolute atomic E-state index is 0.586. The Morgan fingerprint density at radius 2 is 1.85 bits per heavy atom. The van der Waals surface area contributed by atoms with E-state index >= 15 is 0 Å². The van der Waals surface area contributed by atoms with Crippen LogP contribution in [-0.4, -0.2) is 5.11 Å². The van der Waals surface area contributed by atoms with E-state index in [0.29, 0.717) is 5.92 Å². The second-order valence-corrected chi connectivity index (χ2v) is 3.49. The Labute approximate surface area is 79.7 Å². The molecule has 0 spiro atoms. The number of aliphatic hydroxyl groups excluding tert-OH is 1. The maximum absolute atomic E-state index is 8.49. The number of hydrogen-bond donors (Lipinski definition) is 1. The number of aliphatic hydroxyl groups is 1. The zero-order valence-corrected chi connectivity index (χ0v) is 8.20. The molecule has 1 rings (SSSR count). The summed E-state index contributed by atoms with van der Waals surface area (Å²) in [5.74, 6) is 0.586. The second-order valence-electron chi connectivity index (χ2n) is 3.49. The van der Waals surface area contributed by atoms with Crippen LogP contribution in [-0.2, 0) is 6.42 Å². The van der Waals surface area contributed by atoms with E-state index in [1.807, 2.05) is 0 Å². The molecule has 0 saturated heterocycles. The molecular formula is C12H16O. The molecule has 1 nitrogen and oxygen atoms in total. The molecule has 1 heteroatoms. The van der Waals surface area contributed by atoms with Gasteiger partial charge in [0.05, 0.1) is 6.26 Å². The molecule has 1 N–H and O–H groups in total. The van der Waals surface area contributed by atoms with Gasteiger partial charge < -0.3 is 5.11 Å². The van der Waals surface area contributed by atoms with Gasteiger partial charge in [-0.15, -0.1) is 0 Å². The lowest BCUT2D eigenvalue weighted by atomic mass is 10.0. The molecular weight excluding hydrogens is 160 g/mol. The van der Waals surface area contributed by atoms with Crippen molar-refractivity contribution in [2.75, 3.05) is 0 Å². The van der Waals surface area contributed by atoms with E-state index in [9.17, 15) is 0 Å². The second kappa shape index (κ2) is 4.70. The topological polar surface area (TPSA) is 20.2 Å². The maximum Gasteiger partial charge on any atom is 0.0755 e. The van der Waals surface area contributed by atoms with Crippen LogP contribution >= 0.6 is 0 Å². The Morgan fingerprint density at radius 1 is 1.23 bits per heavy atom. The highest BCUT2D eigenvalue weighted by atomic mass is 16.2. The Morgan fingerprint density at radius 3 is 2.31 bits per heavy atom. The van der Waals surface area contributed by atoms with E-state index in [1.165, 1.54) is 11.1 Å². The number of allylic oxidation sites excluding steroid dienone is 1. The molecule has 0 radical (unpaired) electrons. The van der Waals surface area contributed by atoms with Crippen molar-refractivity contribution in [1.29, 1.82) is 0 Å². The summed E-state index contributed by atoms with van der Waals surface area (Å²) in [6, 6.07) is 8.50. The lowest BCUT2D eigenvalue weighted by Gasteiger charge is -2.05. The first kappa shape index (κ1) is 9.85. The molecule has 0 aliphatic carbocycles. The molecule has 0 amide bonds. The quantitative estimate of drug-likeness (QED) is 0.699. The first-order valence-electron chi connectivity index (χ1n) is 4.62. The van der Waals surface area contributed by atoms with Gasteiger partial charge in [0.1, 0.15) is 0 Å². The average Bonchev–Trinajstić information content (AvgIpc) is 2.15. The van der Waals surface area contributed by atoms with Gasteiger partial charge in [-0.3, -0.25) is 0 Å². The smallest absolute Gasteiger partial charge is 0.0755 e. The van der Waals surface area contributed by atoms with Gasteiger partial charge in [-0.25, -0.2) is 0 Å². The number of hydrogen-bond acceptors (Lipinski definition) is 1. The predicted molar refractivity (Wildman–Crippen MR) is 56.0 cm³/mol. The molecule has 0 aromatic heterocycles. The molecule has 0 aliphatic heterocycles. The van der Waals surface area contributed by atoms with E-state index in [-0.39, 0.29) is 0 Å². The minimum Gasteiger partial charge on any atom is -0.516 e. The molecule has 0 unspecified atom stereocenters. The lowest BCUT2D eigenvalue weighted by Crippen LogP contribution is -1.87. The van der Waals surface area contributed by atoms with Crippen LogP contribution in [0.15, 0.2) is 36.6 Å². The molecule has 1 aromatic carbocycles. The van der Waals surface area contributed by atoms with Crippen molar-refractivity contribution in [2.24, 2.45) is 0 Å². The van der Waals surface area contributed by atoms with Crippen molar-refractivity contribution in [3.63, 3.8) is 0 Å². The molecule has 70 valence electrons. The third kappa shape index (κ3) is 2.94. The van der Waals surface area contributed by atoms with Crippen LogP contribution in [0.3, 0.4) is 0 Å². The molecule has 13 heavy (non-hydrogen) atoms. The van der Waals surface area contributed by atoms with E-state index in [1.54, 1.807) is 6.08 Å². The van der Waals surface area contributed by atoms with Crippen LogP contribution in [0.1, 0.15) is 30.9 Å². The highest BCUT2D eigenvalue weighted by Gasteiger charge is 1.97. The molecule has 0 atom stereocenters. The lowest BCUT2D eigenvalue weighted by molar-refractivity contribution is 0.471. The van der Waals surface area contributed by atoms with E-state index in [4.69, 9.17) is 5.11 Å². The first-order valence-corrected chi connectivity index (χ1v) is 4.62. The fourth-order valence-corrected chi connectivity index (χ4v) is 1.23. The summed E-state index contributed by atoms with van der Waals surface area (Å²) in [7, 11) is 0. The summed E-state index contributed by atoms with van der Waals surface area (Å²) in [4.78, 5) is 0. The van der Waals surface area contributed by atoms with Gasteiger partial charge in [-0.05, 0) is 29.5 Å². The predicted octanol–water partition coefficient (Wildman–Crippen LogP) is 3.42. The fraction of sp³-hybridized carbons (Fsp3) is 0.333. The first-order chi connectivity index (χ1) is 6.24. The zero-order chi connectivity index (χ0) is 9.68. The van der Waals surface area contributed by atoms with Crippen molar-refractivity contribution in [1.82, 2.24) is 0 Å². The van der Waals surface area contributed by atoms with Crippen molar-refractivity contribution >= 4 is 0 Å². The molecule has 1 aromatic rings. The highest BCUT2D eigenvalue weighted by molar-refractivity contribution is 5.25. The van der Waals surface area contributed by atoms with Gasteiger partial charge in [-0.2, -0.15) is 0 Å². The third-order valence-corrected chi connectivity index (χ3v) is 2.11. The minimum atomic E-state index is 0.586. The maximum atomic E-state index is 8.49. The Bertz CT molecular complexity index is 270. The number of rotatable bonds is 3. The Hall–Kier alpha value is -1.24. The van der Waals surface area contributed by atoms with Gasteiger partial charge in [0.15, 0.2) is 0 Å². The van der Waals surface area contributed by atoms with Gasteiger partial charge in [0.25, 0.3) is 0 Å². The largest absolute Gasteiger partial charge is 0.516 e. The summed E-state index contributed by atoms with van der Waals surface area (Å²) in [6.45, 7) is 4.37. The van der Waals surface area contributed by atoms with Gasteiger partial charge in [-0.1, -0.05) is 38.1 Å². The zero-order valence-electron chi connectivity index (χ0n) is 8.20. The van der Waals surface area contributed by atoms with Gasteiger partial charge >= 0.3 is 0 Å². The molecule has 0 fully saturated rings. The fourth-order valence-electron chi connectivity index (χ4n) is 1.23. The standard InChI is InChI=1S/C12H16O/c1-10(2)12-7-5-11(6-8-12)4-3-9-13/h3,5-10,13H,4H2,1-2H3/b9-3+. The Kier molecular flexibility index (Phi) is 3.56.